The van der Waals surface area contributed by atoms with E-state index < -0.39 is 0 Å². The van der Waals surface area contributed by atoms with Crippen LogP contribution in [0.5, 0.6) is 0 Å². The third kappa shape index (κ3) is 7.28. The van der Waals surface area contributed by atoms with Gasteiger partial charge in [0, 0.05) is 0 Å². The van der Waals surface area contributed by atoms with Crippen LogP contribution in [0, 0.1) is 11.8 Å². The van der Waals surface area contributed by atoms with E-state index in [9.17, 15) is 9.59 Å². The standard InChI is InChI=1S/C18H32O4/c1-3-4-5-6-7-8-9-13-22-18(20)16-12-10-11-15(14-16)17(19)21-2/h15-16H,3-14H2,1-2H3. The number of ether oxygens (including phenoxy) is 2. The van der Waals surface area contributed by atoms with E-state index in [1.54, 1.807) is 0 Å². The van der Waals surface area contributed by atoms with Crippen molar-refractivity contribution in [1.29, 1.82) is 0 Å². The van der Waals surface area contributed by atoms with Crippen LogP contribution in [0.4, 0.5) is 0 Å². The normalized spacial score (nSPS) is 21.4. The maximum atomic E-state index is 12.1. The molecule has 0 aromatic rings. The number of esters is 2. The van der Waals surface area contributed by atoms with Gasteiger partial charge in [-0.25, -0.2) is 0 Å². The average Bonchev–Trinajstić information content (AvgIpc) is 2.56. The molecule has 0 N–H and O–H groups in total. The molecule has 0 saturated heterocycles. The minimum atomic E-state index is -0.190. The SMILES string of the molecule is CCCCCCCCCOC(=O)C1CCCC(C(=O)OC)C1. The fourth-order valence-corrected chi connectivity index (χ4v) is 3.13. The lowest BCUT2D eigenvalue weighted by molar-refractivity contribution is -0.153. The van der Waals surface area contributed by atoms with Crippen molar-refractivity contribution in [3.8, 4) is 0 Å². The van der Waals surface area contributed by atoms with Crippen LogP contribution >= 0.6 is 0 Å². The van der Waals surface area contributed by atoms with Crippen molar-refractivity contribution >= 4 is 11.9 Å². The molecule has 4 nitrogen and oxygen atoms in total. The van der Waals surface area contributed by atoms with Gasteiger partial charge < -0.3 is 9.47 Å². The number of rotatable bonds is 10. The molecule has 0 aromatic heterocycles. The summed E-state index contributed by atoms with van der Waals surface area (Å²) in [5, 5.41) is 0. The molecule has 0 bridgehead atoms. The molecule has 0 heterocycles. The predicted octanol–water partition coefficient (Wildman–Crippen LogP) is 4.26. The Labute approximate surface area is 134 Å². The van der Waals surface area contributed by atoms with Gasteiger partial charge in [-0.2, -0.15) is 0 Å². The van der Waals surface area contributed by atoms with Gasteiger partial charge in [0.05, 0.1) is 25.6 Å². The number of hydrogen-bond acceptors (Lipinski definition) is 4. The van der Waals surface area contributed by atoms with Crippen molar-refractivity contribution in [2.24, 2.45) is 11.8 Å². The molecular formula is C18H32O4. The zero-order chi connectivity index (χ0) is 16.2. The Hall–Kier alpha value is -1.06. The monoisotopic (exact) mass is 312 g/mol. The third-order valence-electron chi connectivity index (χ3n) is 4.53. The second kappa shape index (κ2) is 11.5. The van der Waals surface area contributed by atoms with Crippen LogP contribution in [0.15, 0.2) is 0 Å². The minimum Gasteiger partial charge on any atom is -0.469 e. The molecule has 0 spiro atoms. The quantitative estimate of drug-likeness (QED) is 0.447. The van der Waals surface area contributed by atoms with Gasteiger partial charge in [-0.15, -0.1) is 0 Å². The van der Waals surface area contributed by atoms with E-state index >= 15 is 0 Å². The maximum absolute atomic E-state index is 12.1. The number of unbranched alkanes of at least 4 members (excludes halogenated alkanes) is 6. The first-order chi connectivity index (χ1) is 10.7. The second-order valence-electron chi connectivity index (χ2n) is 6.37. The zero-order valence-electron chi connectivity index (χ0n) is 14.3. The molecule has 4 heteroatoms. The van der Waals surface area contributed by atoms with Gasteiger partial charge in [0.15, 0.2) is 0 Å². The molecule has 1 rings (SSSR count). The molecule has 1 aliphatic carbocycles. The van der Waals surface area contributed by atoms with E-state index in [0.717, 1.165) is 32.1 Å². The largest absolute Gasteiger partial charge is 0.469 e. The summed E-state index contributed by atoms with van der Waals surface area (Å²) in [5.41, 5.74) is 0. The van der Waals surface area contributed by atoms with Crippen LogP contribution in [-0.4, -0.2) is 25.7 Å². The van der Waals surface area contributed by atoms with Crippen molar-refractivity contribution in [2.75, 3.05) is 13.7 Å². The summed E-state index contributed by atoms with van der Waals surface area (Å²) in [5.74, 6) is -0.568. The van der Waals surface area contributed by atoms with Crippen LogP contribution in [-0.2, 0) is 19.1 Å². The molecule has 1 saturated carbocycles. The van der Waals surface area contributed by atoms with Gasteiger partial charge in [-0.05, 0) is 25.7 Å². The van der Waals surface area contributed by atoms with Gasteiger partial charge in [0.1, 0.15) is 0 Å². The van der Waals surface area contributed by atoms with E-state index in [1.165, 1.54) is 39.2 Å². The molecule has 22 heavy (non-hydrogen) atoms. The second-order valence-corrected chi connectivity index (χ2v) is 6.37. The number of carbonyl (C=O) groups is 2. The Morgan fingerprint density at radius 2 is 1.50 bits per heavy atom. The van der Waals surface area contributed by atoms with Crippen molar-refractivity contribution in [3.63, 3.8) is 0 Å². The van der Waals surface area contributed by atoms with Gasteiger partial charge in [-0.1, -0.05) is 51.9 Å². The van der Waals surface area contributed by atoms with E-state index in [2.05, 4.69) is 6.92 Å². The highest BCUT2D eigenvalue weighted by atomic mass is 16.5. The van der Waals surface area contributed by atoms with Crippen molar-refractivity contribution in [3.05, 3.63) is 0 Å². The summed E-state index contributed by atoms with van der Waals surface area (Å²) < 4.78 is 10.2. The summed E-state index contributed by atoms with van der Waals surface area (Å²) in [4.78, 5) is 23.6. The molecule has 1 aliphatic rings. The lowest BCUT2D eigenvalue weighted by atomic mass is 9.81. The molecule has 2 unspecified atom stereocenters. The number of hydrogen-bond donors (Lipinski definition) is 0. The molecule has 0 aromatic carbocycles. The van der Waals surface area contributed by atoms with Gasteiger partial charge in [0.2, 0.25) is 0 Å². The van der Waals surface area contributed by atoms with Gasteiger partial charge in [-0.3, -0.25) is 9.59 Å². The van der Waals surface area contributed by atoms with Crippen molar-refractivity contribution < 1.29 is 19.1 Å². The Morgan fingerprint density at radius 1 is 0.909 bits per heavy atom. The number of carbonyl (C=O) groups excluding carboxylic acids is 2. The Balaban J connectivity index is 2.10. The third-order valence-corrected chi connectivity index (χ3v) is 4.53. The van der Waals surface area contributed by atoms with E-state index in [0.29, 0.717) is 13.0 Å². The summed E-state index contributed by atoms with van der Waals surface area (Å²) >= 11 is 0. The van der Waals surface area contributed by atoms with Gasteiger partial charge in [0.25, 0.3) is 0 Å². The highest BCUT2D eigenvalue weighted by Gasteiger charge is 2.32. The molecule has 1 fully saturated rings. The summed E-state index contributed by atoms with van der Waals surface area (Å²) in [6, 6.07) is 0. The topological polar surface area (TPSA) is 52.6 Å². The van der Waals surface area contributed by atoms with E-state index in [4.69, 9.17) is 9.47 Å². The average molecular weight is 312 g/mol. The van der Waals surface area contributed by atoms with Crippen LogP contribution in [0.1, 0.15) is 77.6 Å². The summed E-state index contributed by atoms with van der Waals surface area (Å²) in [6.45, 7) is 2.74. The van der Waals surface area contributed by atoms with E-state index in [-0.39, 0.29) is 23.8 Å². The first-order valence-corrected chi connectivity index (χ1v) is 8.93. The first kappa shape index (κ1) is 19.0. The highest BCUT2D eigenvalue weighted by molar-refractivity contribution is 5.76. The fraction of sp³-hybridized carbons (Fsp3) is 0.889. The fourth-order valence-electron chi connectivity index (χ4n) is 3.13. The lowest BCUT2D eigenvalue weighted by Crippen LogP contribution is -2.29. The van der Waals surface area contributed by atoms with Crippen LogP contribution in [0.3, 0.4) is 0 Å². The first-order valence-electron chi connectivity index (χ1n) is 8.93. The van der Waals surface area contributed by atoms with Crippen LogP contribution in [0.25, 0.3) is 0 Å². The molecule has 0 radical (unpaired) electrons. The summed E-state index contributed by atoms with van der Waals surface area (Å²) in [6.07, 6.45) is 11.6. The molecule has 0 amide bonds. The van der Waals surface area contributed by atoms with Crippen LogP contribution in [0.2, 0.25) is 0 Å². The Bertz CT molecular complexity index is 327. The Kier molecular flexibility index (Phi) is 9.93. The molecule has 128 valence electrons. The highest BCUT2D eigenvalue weighted by Crippen LogP contribution is 2.30. The molecule has 2 atom stereocenters. The Morgan fingerprint density at radius 3 is 2.14 bits per heavy atom. The number of methoxy groups -OCH3 is 1. The van der Waals surface area contributed by atoms with Crippen molar-refractivity contribution in [2.45, 2.75) is 77.6 Å². The maximum Gasteiger partial charge on any atom is 0.308 e. The predicted molar refractivity (Wildman–Crippen MR) is 86.4 cm³/mol. The van der Waals surface area contributed by atoms with E-state index in [1.807, 2.05) is 0 Å². The lowest BCUT2D eigenvalue weighted by Gasteiger charge is -2.25. The van der Waals surface area contributed by atoms with Crippen LogP contribution < -0.4 is 0 Å². The zero-order valence-corrected chi connectivity index (χ0v) is 14.3. The smallest absolute Gasteiger partial charge is 0.308 e. The minimum absolute atomic E-state index is 0.123. The molecule has 0 aliphatic heterocycles. The van der Waals surface area contributed by atoms with Gasteiger partial charge >= 0.3 is 11.9 Å². The summed E-state index contributed by atoms with van der Waals surface area (Å²) in [7, 11) is 1.41. The molecular weight excluding hydrogens is 280 g/mol. The van der Waals surface area contributed by atoms with Crippen molar-refractivity contribution in [1.82, 2.24) is 0 Å².